The second-order valence-corrected chi connectivity index (χ2v) is 4.62. The van der Waals surface area contributed by atoms with Crippen LogP contribution >= 0.6 is 0 Å². The van der Waals surface area contributed by atoms with Gasteiger partial charge < -0.3 is 10.1 Å². The van der Waals surface area contributed by atoms with Crippen LogP contribution in [0.1, 0.15) is 11.1 Å². The maximum Gasteiger partial charge on any atom is 0.0594 e. The first kappa shape index (κ1) is 12.6. The first-order valence-corrected chi connectivity index (χ1v) is 6.41. The van der Waals surface area contributed by atoms with Crippen molar-refractivity contribution in [3.8, 4) is 0 Å². The maximum absolute atomic E-state index is 5.32. The van der Waals surface area contributed by atoms with Gasteiger partial charge in [-0.25, -0.2) is 0 Å². The van der Waals surface area contributed by atoms with Crippen molar-refractivity contribution in [1.29, 1.82) is 0 Å². The zero-order valence-corrected chi connectivity index (χ0v) is 10.6. The fraction of sp³-hybridized carbons (Fsp3) is 0.571. The average Bonchev–Trinajstić information content (AvgIpc) is 2.38. The third kappa shape index (κ3) is 4.46. The van der Waals surface area contributed by atoms with Crippen LogP contribution in [0.4, 0.5) is 0 Å². The highest BCUT2D eigenvalue weighted by atomic mass is 16.5. The summed E-state index contributed by atoms with van der Waals surface area (Å²) in [5.74, 6) is 0. The summed E-state index contributed by atoms with van der Waals surface area (Å²) in [6.07, 6.45) is 0. The van der Waals surface area contributed by atoms with Crippen LogP contribution in [0.2, 0.25) is 0 Å². The monoisotopic (exact) mass is 234 g/mol. The van der Waals surface area contributed by atoms with E-state index in [2.05, 4.69) is 41.4 Å². The van der Waals surface area contributed by atoms with E-state index in [4.69, 9.17) is 4.74 Å². The molecule has 1 saturated heterocycles. The van der Waals surface area contributed by atoms with Gasteiger partial charge in [-0.05, 0) is 12.5 Å². The number of hydrogen-bond acceptors (Lipinski definition) is 3. The van der Waals surface area contributed by atoms with Gasteiger partial charge in [0.05, 0.1) is 13.2 Å². The lowest BCUT2D eigenvalue weighted by molar-refractivity contribution is 0.0384. The lowest BCUT2D eigenvalue weighted by atomic mass is 10.1. The average molecular weight is 234 g/mol. The molecule has 0 aliphatic carbocycles. The standard InChI is InChI=1S/C14H22N2O/c1-13-2-4-14(5-3-13)12-15-6-7-16-8-10-17-11-9-16/h2-5,15H,6-12H2,1H3. The van der Waals surface area contributed by atoms with Gasteiger partial charge in [0.1, 0.15) is 0 Å². The Labute approximate surface area is 104 Å². The summed E-state index contributed by atoms with van der Waals surface area (Å²) >= 11 is 0. The van der Waals surface area contributed by atoms with E-state index >= 15 is 0 Å². The van der Waals surface area contributed by atoms with Gasteiger partial charge in [-0.2, -0.15) is 0 Å². The first-order valence-electron chi connectivity index (χ1n) is 6.41. The molecule has 0 spiro atoms. The minimum absolute atomic E-state index is 0.887. The molecule has 0 aromatic heterocycles. The van der Waals surface area contributed by atoms with E-state index in [9.17, 15) is 0 Å². The Bertz CT molecular complexity index is 317. The molecular formula is C14H22N2O. The molecule has 17 heavy (non-hydrogen) atoms. The van der Waals surface area contributed by atoms with Crippen LogP contribution in [-0.2, 0) is 11.3 Å². The molecule has 0 radical (unpaired) electrons. The predicted molar refractivity (Wildman–Crippen MR) is 70.1 cm³/mol. The second-order valence-electron chi connectivity index (χ2n) is 4.62. The first-order chi connectivity index (χ1) is 8.34. The topological polar surface area (TPSA) is 24.5 Å². The van der Waals surface area contributed by atoms with E-state index < -0.39 is 0 Å². The normalized spacial score (nSPS) is 17.2. The second kappa shape index (κ2) is 6.74. The zero-order valence-electron chi connectivity index (χ0n) is 10.6. The van der Waals surface area contributed by atoms with Crippen LogP contribution < -0.4 is 5.32 Å². The SMILES string of the molecule is Cc1ccc(CNCCN2CCOCC2)cc1. The van der Waals surface area contributed by atoms with Crippen LogP contribution in [-0.4, -0.2) is 44.3 Å². The Kier molecular flexibility index (Phi) is 4.98. The molecule has 0 saturated carbocycles. The van der Waals surface area contributed by atoms with Crippen LogP contribution in [0, 0.1) is 6.92 Å². The van der Waals surface area contributed by atoms with Crippen molar-refractivity contribution in [1.82, 2.24) is 10.2 Å². The quantitative estimate of drug-likeness (QED) is 0.780. The molecule has 1 aliphatic rings. The Morgan fingerprint density at radius 3 is 2.59 bits per heavy atom. The molecule has 1 fully saturated rings. The Balaban J connectivity index is 1.60. The highest BCUT2D eigenvalue weighted by Gasteiger charge is 2.08. The van der Waals surface area contributed by atoms with Gasteiger partial charge >= 0.3 is 0 Å². The van der Waals surface area contributed by atoms with Crippen molar-refractivity contribution in [2.24, 2.45) is 0 Å². The number of morpholine rings is 1. The number of hydrogen-bond donors (Lipinski definition) is 1. The summed E-state index contributed by atoms with van der Waals surface area (Å²) in [6, 6.07) is 8.71. The molecular weight excluding hydrogens is 212 g/mol. The molecule has 0 bridgehead atoms. The highest BCUT2D eigenvalue weighted by Crippen LogP contribution is 2.02. The zero-order chi connectivity index (χ0) is 11.9. The van der Waals surface area contributed by atoms with E-state index in [1.54, 1.807) is 0 Å². The summed E-state index contributed by atoms with van der Waals surface area (Å²) in [7, 11) is 0. The van der Waals surface area contributed by atoms with E-state index in [0.29, 0.717) is 0 Å². The van der Waals surface area contributed by atoms with E-state index in [1.165, 1.54) is 11.1 Å². The van der Waals surface area contributed by atoms with Crippen molar-refractivity contribution in [2.75, 3.05) is 39.4 Å². The number of benzene rings is 1. The van der Waals surface area contributed by atoms with Crippen LogP contribution in [0.15, 0.2) is 24.3 Å². The molecule has 1 aliphatic heterocycles. The van der Waals surface area contributed by atoms with Gasteiger partial charge in [-0.1, -0.05) is 29.8 Å². The van der Waals surface area contributed by atoms with E-state index in [-0.39, 0.29) is 0 Å². The molecule has 1 heterocycles. The molecule has 3 heteroatoms. The van der Waals surface area contributed by atoms with Crippen molar-refractivity contribution in [2.45, 2.75) is 13.5 Å². The molecule has 1 aromatic carbocycles. The maximum atomic E-state index is 5.32. The van der Waals surface area contributed by atoms with E-state index in [0.717, 1.165) is 45.9 Å². The highest BCUT2D eigenvalue weighted by molar-refractivity contribution is 5.20. The number of aryl methyl sites for hydroxylation is 1. The van der Waals surface area contributed by atoms with Crippen LogP contribution in [0.25, 0.3) is 0 Å². The molecule has 3 nitrogen and oxygen atoms in total. The van der Waals surface area contributed by atoms with Gasteiger partial charge in [-0.3, -0.25) is 4.90 Å². The lowest BCUT2D eigenvalue weighted by Crippen LogP contribution is -2.40. The third-order valence-electron chi connectivity index (χ3n) is 3.16. The predicted octanol–water partition coefficient (Wildman–Crippen LogP) is 1.42. The molecule has 94 valence electrons. The Morgan fingerprint density at radius 2 is 1.88 bits per heavy atom. The van der Waals surface area contributed by atoms with Gasteiger partial charge in [0.2, 0.25) is 0 Å². The summed E-state index contributed by atoms with van der Waals surface area (Å²) in [5, 5.41) is 3.49. The fourth-order valence-electron chi connectivity index (χ4n) is 2.00. The summed E-state index contributed by atoms with van der Waals surface area (Å²) < 4.78 is 5.32. The number of ether oxygens (including phenoxy) is 1. The molecule has 1 aromatic rings. The van der Waals surface area contributed by atoms with Gasteiger partial charge in [0.25, 0.3) is 0 Å². The molecule has 2 rings (SSSR count). The minimum Gasteiger partial charge on any atom is -0.379 e. The Hall–Kier alpha value is -0.900. The number of nitrogens with zero attached hydrogens (tertiary/aromatic N) is 1. The van der Waals surface area contributed by atoms with Crippen molar-refractivity contribution >= 4 is 0 Å². The third-order valence-corrected chi connectivity index (χ3v) is 3.16. The van der Waals surface area contributed by atoms with Crippen LogP contribution in [0.5, 0.6) is 0 Å². The summed E-state index contributed by atoms with van der Waals surface area (Å²) in [6.45, 7) is 9.18. The van der Waals surface area contributed by atoms with Gasteiger partial charge in [0, 0.05) is 32.7 Å². The Morgan fingerprint density at radius 1 is 1.18 bits per heavy atom. The minimum atomic E-state index is 0.887. The largest absolute Gasteiger partial charge is 0.379 e. The molecule has 0 atom stereocenters. The lowest BCUT2D eigenvalue weighted by Gasteiger charge is -2.26. The van der Waals surface area contributed by atoms with Crippen molar-refractivity contribution in [3.05, 3.63) is 35.4 Å². The molecule has 1 N–H and O–H groups in total. The summed E-state index contributed by atoms with van der Waals surface area (Å²) in [5.41, 5.74) is 2.68. The van der Waals surface area contributed by atoms with Crippen LogP contribution in [0.3, 0.4) is 0 Å². The van der Waals surface area contributed by atoms with Crippen molar-refractivity contribution < 1.29 is 4.74 Å². The van der Waals surface area contributed by atoms with E-state index in [1.807, 2.05) is 0 Å². The summed E-state index contributed by atoms with van der Waals surface area (Å²) in [4.78, 5) is 2.45. The van der Waals surface area contributed by atoms with Crippen molar-refractivity contribution in [3.63, 3.8) is 0 Å². The van der Waals surface area contributed by atoms with Gasteiger partial charge in [-0.15, -0.1) is 0 Å². The smallest absolute Gasteiger partial charge is 0.0594 e. The number of rotatable bonds is 5. The molecule has 0 unspecified atom stereocenters. The fourth-order valence-corrected chi connectivity index (χ4v) is 2.00. The number of nitrogens with one attached hydrogen (secondary N) is 1. The molecule has 0 amide bonds. The van der Waals surface area contributed by atoms with Gasteiger partial charge in [0.15, 0.2) is 0 Å².